The first-order valence-electron chi connectivity index (χ1n) is 7.38. The van der Waals surface area contributed by atoms with Crippen molar-refractivity contribution in [3.8, 4) is 0 Å². The summed E-state index contributed by atoms with van der Waals surface area (Å²) < 4.78 is 7.67. The van der Waals surface area contributed by atoms with Crippen LogP contribution in [0.5, 0.6) is 0 Å². The molecule has 0 aliphatic heterocycles. The maximum Gasteiger partial charge on any atom is 0.192 e. The largest absolute Gasteiger partial charge is 0.467 e. The van der Waals surface area contributed by atoms with Gasteiger partial charge in [-0.2, -0.15) is 0 Å². The number of hydrogen-bond acceptors (Lipinski definition) is 5. The van der Waals surface area contributed by atoms with Crippen LogP contribution in [0.2, 0.25) is 0 Å². The van der Waals surface area contributed by atoms with Crippen molar-refractivity contribution >= 4 is 11.8 Å². The quantitative estimate of drug-likeness (QED) is 0.652. The highest BCUT2D eigenvalue weighted by atomic mass is 32.2. The molecular weight excluding hydrogens is 296 g/mol. The zero-order valence-corrected chi connectivity index (χ0v) is 12.9. The van der Waals surface area contributed by atoms with Gasteiger partial charge in [0.05, 0.1) is 18.5 Å². The van der Waals surface area contributed by atoms with Crippen LogP contribution in [-0.2, 0) is 12.3 Å². The number of thioether (sulfide) groups is 1. The Hall–Kier alpha value is -2.08. The van der Waals surface area contributed by atoms with E-state index in [1.54, 1.807) is 18.0 Å². The van der Waals surface area contributed by atoms with Gasteiger partial charge < -0.3 is 4.42 Å². The van der Waals surface area contributed by atoms with Crippen LogP contribution in [0.4, 0.5) is 0 Å². The monoisotopic (exact) mass is 312 g/mol. The number of rotatable bonds is 6. The average molecular weight is 312 g/mol. The lowest BCUT2D eigenvalue weighted by atomic mass is 10.3. The molecular formula is C16H16N4OS. The maximum atomic E-state index is 5.48. The molecule has 3 heterocycles. The van der Waals surface area contributed by atoms with Crippen molar-refractivity contribution in [2.45, 2.75) is 36.2 Å². The predicted octanol–water partition coefficient (Wildman–Crippen LogP) is 3.48. The van der Waals surface area contributed by atoms with E-state index in [1.807, 2.05) is 36.5 Å². The molecule has 0 aromatic carbocycles. The molecule has 0 N–H and O–H groups in total. The molecule has 5 nitrogen and oxygen atoms in total. The number of pyridine rings is 1. The van der Waals surface area contributed by atoms with E-state index in [2.05, 4.69) is 19.7 Å². The van der Waals surface area contributed by atoms with Crippen molar-refractivity contribution in [2.24, 2.45) is 0 Å². The summed E-state index contributed by atoms with van der Waals surface area (Å²) in [6.07, 6.45) is 5.94. The molecule has 4 rings (SSSR count). The van der Waals surface area contributed by atoms with Crippen molar-refractivity contribution in [3.05, 3.63) is 60.1 Å². The highest BCUT2D eigenvalue weighted by molar-refractivity contribution is 7.98. The molecule has 0 spiro atoms. The van der Waals surface area contributed by atoms with E-state index in [0.717, 1.165) is 28.2 Å². The molecule has 22 heavy (non-hydrogen) atoms. The molecule has 0 amide bonds. The zero-order valence-electron chi connectivity index (χ0n) is 12.1. The molecule has 3 aromatic heterocycles. The van der Waals surface area contributed by atoms with Crippen LogP contribution in [0.15, 0.2) is 52.4 Å². The predicted molar refractivity (Wildman–Crippen MR) is 83.6 cm³/mol. The Morgan fingerprint density at radius 3 is 2.86 bits per heavy atom. The van der Waals surface area contributed by atoms with Crippen molar-refractivity contribution in [3.63, 3.8) is 0 Å². The van der Waals surface area contributed by atoms with Crippen LogP contribution in [0, 0.1) is 0 Å². The van der Waals surface area contributed by atoms with Crippen LogP contribution in [0.3, 0.4) is 0 Å². The summed E-state index contributed by atoms with van der Waals surface area (Å²) in [4.78, 5) is 4.36. The van der Waals surface area contributed by atoms with Gasteiger partial charge in [-0.3, -0.25) is 9.55 Å². The second-order valence-corrected chi connectivity index (χ2v) is 6.33. The minimum Gasteiger partial charge on any atom is -0.467 e. The van der Waals surface area contributed by atoms with Gasteiger partial charge in [0.15, 0.2) is 5.16 Å². The fraction of sp³-hybridized carbons (Fsp3) is 0.312. The minimum absolute atomic E-state index is 0.562. The third kappa shape index (κ3) is 2.92. The third-order valence-electron chi connectivity index (χ3n) is 3.66. The Labute approximate surface area is 132 Å². The first-order chi connectivity index (χ1) is 10.9. The van der Waals surface area contributed by atoms with Crippen molar-refractivity contribution in [1.29, 1.82) is 0 Å². The number of nitrogens with zero attached hydrogens (tertiary/aromatic N) is 4. The molecule has 0 atom stereocenters. The number of furan rings is 1. The van der Waals surface area contributed by atoms with Gasteiger partial charge in [-0.25, -0.2) is 0 Å². The van der Waals surface area contributed by atoms with E-state index >= 15 is 0 Å². The Balaban J connectivity index is 1.56. The molecule has 0 saturated heterocycles. The number of hydrogen-bond donors (Lipinski definition) is 0. The fourth-order valence-corrected chi connectivity index (χ4v) is 3.24. The average Bonchev–Trinajstić information content (AvgIpc) is 3.12. The van der Waals surface area contributed by atoms with Gasteiger partial charge in [-0.15, -0.1) is 10.2 Å². The Morgan fingerprint density at radius 1 is 1.18 bits per heavy atom. The lowest BCUT2D eigenvalue weighted by molar-refractivity contribution is 0.478. The molecule has 0 bridgehead atoms. The van der Waals surface area contributed by atoms with Gasteiger partial charge in [-0.1, -0.05) is 17.8 Å². The smallest absolute Gasteiger partial charge is 0.192 e. The van der Waals surface area contributed by atoms with Crippen molar-refractivity contribution < 1.29 is 4.42 Å². The summed E-state index contributed by atoms with van der Waals surface area (Å²) in [5.41, 5.74) is 1.05. The van der Waals surface area contributed by atoms with Crippen molar-refractivity contribution in [1.82, 2.24) is 19.7 Å². The lowest BCUT2D eigenvalue weighted by Gasteiger charge is -2.08. The summed E-state index contributed by atoms with van der Waals surface area (Å²) >= 11 is 1.67. The van der Waals surface area contributed by atoms with Crippen LogP contribution in [-0.4, -0.2) is 19.7 Å². The molecule has 1 aliphatic rings. The summed E-state index contributed by atoms with van der Waals surface area (Å²) in [7, 11) is 0. The van der Waals surface area contributed by atoms with Crippen LogP contribution < -0.4 is 0 Å². The molecule has 6 heteroatoms. The fourth-order valence-electron chi connectivity index (χ4n) is 2.38. The van der Waals surface area contributed by atoms with Gasteiger partial charge in [0.1, 0.15) is 11.6 Å². The summed E-state index contributed by atoms with van der Waals surface area (Å²) in [5.74, 6) is 3.37. The maximum absolute atomic E-state index is 5.48. The first kappa shape index (κ1) is 13.6. The Morgan fingerprint density at radius 2 is 2.14 bits per heavy atom. The highest BCUT2D eigenvalue weighted by Gasteiger charge is 2.30. The van der Waals surface area contributed by atoms with E-state index < -0.39 is 0 Å². The molecule has 0 unspecified atom stereocenters. The summed E-state index contributed by atoms with van der Waals surface area (Å²) in [6.45, 7) is 0.691. The standard InChI is InChI=1S/C16H16N4OS/c1-2-8-17-13(4-1)11-22-16-19-18-15(12-6-7-12)20(16)10-14-5-3-9-21-14/h1-5,8-9,12H,6-7,10-11H2. The normalized spacial score (nSPS) is 14.4. The van der Waals surface area contributed by atoms with E-state index in [4.69, 9.17) is 4.42 Å². The lowest BCUT2D eigenvalue weighted by Crippen LogP contribution is -2.05. The Bertz CT molecular complexity index is 735. The second kappa shape index (κ2) is 5.96. The van der Waals surface area contributed by atoms with Gasteiger partial charge in [0.2, 0.25) is 0 Å². The number of aromatic nitrogens is 4. The van der Waals surface area contributed by atoms with E-state index in [1.165, 1.54) is 12.8 Å². The highest BCUT2D eigenvalue weighted by Crippen LogP contribution is 2.40. The molecule has 1 fully saturated rings. The van der Waals surface area contributed by atoms with Crippen LogP contribution >= 0.6 is 11.8 Å². The topological polar surface area (TPSA) is 56.7 Å². The molecule has 0 radical (unpaired) electrons. The molecule has 3 aromatic rings. The first-order valence-corrected chi connectivity index (χ1v) is 8.37. The van der Waals surface area contributed by atoms with Gasteiger partial charge >= 0.3 is 0 Å². The zero-order chi connectivity index (χ0) is 14.8. The van der Waals surface area contributed by atoms with E-state index in [-0.39, 0.29) is 0 Å². The SMILES string of the molecule is c1ccc(CSc2nnc(C3CC3)n2Cc2ccco2)nc1. The molecule has 1 saturated carbocycles. The van der Waals surface area contributed by atoms with E-state index in [0.29, 0.717) is 12.5 Å². The molecule has 112 valence electrons. The van der Waals surface area contributed by atoms with Gasteiger partial charge in [0, 0.05) is 17.9 Å². The van der Waals surface area contributed by atoms with Gasteiger partial charge in [-0.05, 0) is 37.1 Å². The molecule has 1 aliphatic carbocycles. The minimum atomic E-state index is 0.562. The van der Waals surface area contributed by atoms with Crippen LogP contribution in [0.1, 0.15) is 36.0 Å². The van der Waals surface area contributed by atoms with Crippen LogP contribution in [0.25, 0.3) is 0 Å². The summed E-state index contributed by atoms with van der Waals surface area (Å²) in [5, 5.41) is 9.71. The van der Waals surface area contributed by atoms with Gasteiger partial charge in [0.25, 0.3) is 0 Å². The summed E-state index contributed by atoms with van der Waals surface area (Å²) in [6, 6.07) is 9.87. The second-order valence-electron chi connectivity index (χ2n) is 5.39. The Kier molecular flexibility index (Phi) is 3.68. The van der Waals surface area contributed by atoms with Crippen molar-refractivity contribution in [2.75, 3.05) is 0 Å². The van der Waals surface area contributed by atoms with E-state index in [9.17, 15) is 0 Å². The third-order valence-corrected chi connectivity index (χ3v) is 4.66.